The number of halogens is 2. The van der Waals surface area contributed by atoms with Crippen molar-refractivity contribution in [1.29, 1.82) is 0 Å². The molecule has 18 heavy (non-hydrogen) atoms. The van der Waals surface area contributed by atoms with E-state index in [9.17, 15) is 14.3 Å². The fourth-order valence-electron chi connectivity index (χ4n) is 2.36. The van der Waals surface area contributed by atoms with Crippen LogP contribution < -0.4 is 0 Å². The highest BCUT2D eigenvalue weighted by Crippen LogP contribution is 2.29. The Labute approximate surface area is 110 Å². The quantitative estimate of drug-likeness (QED) is 0.840. The van der Waals surface area contributed by atoms with Crippen LogP contribution in [0.4, 0.5) is 4.39 Å². The van der Waals surface area contributed by atoms with Crippen LogP contribution in [0.3, 0.4) is 0 Å². The smallest absolute Gasteiger partial charge is 0.260 e. The molecule has 0 spiro atoms. The Hall–Kier alpha value is -1.29. The molecular weight excluding hydrogens is 257 g/mol. The van der Waals surface area contributed by atoms with Crippen molar-refractivity contribution in [2.45, 2.75) is 19.4 Å². The number of alkyl halides is 1. The number of carbonyl (C=O) groups excluding carboxylic acids is 1. The summed E-state index contributed by atoms with van der Waals surface area (Å²) < 4.78 is 13.6. The van der Waals surface area contributed by atoms with Gasteiger partial charge in [0.1, 0.15) is 17.1 Å². The summed E-state index contributed by atoms with van der Waals surface area (Å²) in [7, 11) is 0. The van der Waals surface area contributed by atoms with Crippen LogP contribution in [-0.2, 0) is 0 Å². The molecule has 1 aromatic carbocycles. The number of phenols is 1. The number of phenolic OH excluding ortho intramolecular Hbond substituents is 1. The van der Waals surface area contributed by atoms with Crippen molar-refractivity contribution < 1.29 is 14.3 Å². The summed E-state index contributed by atoms with van der Waals surface area (Å²) in [5.74, 6) is -0.899. The minimum absolute atomic E-state index is 0.0989. The highest BCUT2D eigenvalue weighted by atomic mass is 35.5. The second-order valence-electron chi connectivity index (χ2n) is 4.62. The van der Waals surface area contributed by atoms with E-state index in [2.05, 4.69) is 0 Å². The zero-order valence-electron chi connectivity index (χ0n) is 10.1. The molecule has 1 aliphatic heterocycles. The van der Waals surface area contributed by atoms with Crippen molar-refractivity contribution in [2.75, 3.05) is 12.4 Å². The molecule has 1 fully saturated rings. The number of nitrogens with zero attached hydrogens (tertiary/aromatic N) is 1. The van der Waals surface area contributed by atoms with Crippen molar-refractivity contribution in [2.24, 2.45) is 5.92 Å². The van der Waals surface area contributed by atoms with Crippen molar-refractivity contribution >= 4 is 17.5 Å². The summed E-state index contributed by atoms with van der Waals surface area (Å²) in [5.41, 5.74) is -0.262. The number of rotatable bonds is 2. The number of aromatic hydroxyl groups is 1. The van der Waals surface area contributed by atoms with Crippen LogP contribution in [0.2, 0.25) is 0 Å². The van der Waals surface area contributed by atoms with E-state index in [1.807, 2.05) is 6.92 Å². The zero-order valence-corrected chi connectivity index (χ0v) is 10.8. The Kier molecular flexibility index (Phi) is 3.76. The fourth-order valence-corrected chi connectivity index (χ4v) is 2.83. The van der Waals surface area contributed by atoms with E-state index in [-0.39, 0.29) is 17.4 Å². The van der Waals surface area contributed by atoms with E-state index in [0.717, 1.165) is 6.42 Å². The summed E-state index contributed by atoms with van der Waals surface area (Å²) >= 11 is 5.86. The van der Waals surface area contributed by atoms with Crippen LogP contribution in [-0.4, -0.2) is 34.4 Å². The minimum Gasteiger partial charge on any atom is -0.507 e. The first-order valence-electron chi connectivity index (χ1n) is 5.90. The molecule has 1 N–H and O–H groups in total. The third-order valence-corrected chi connectivity index (χ3v) is 3.82. The molecule has 0 aromatic heterocycles. The van der Waals surface area contributed by atoms with E-state index in [4.69, 9.17) is 11.6 Å². The Balaban J connectivity index is 2.32. The van der Waals surface area contributed by atoms with Gasteiger partial charge in [0.05, 0.1) is 0 Å². The summed E-state index contributed by atoms with van der Waals surface area (Å²) in [6.07, 6.45) is 0.846. The van der Waals surface area contributed by atoms with Crippen LogP contribution in [0.15, 0.2) is 18.2 Å². The van der Waals surface area contributed by atoms with Gasteiger partial charge in [0.2, 0.25) is 0 Å². The molecule has 3 nitrogen and oxygen atoms in total. The maximum Gasteiger partial charge on any atom is 0.260 e. The maximum atomic E-state index is 13.6. The van der Waals surface area contributed by atoms with Crippen LogP contribution >= 0.6 is 11.6 Å². The van der Waals surface area contributed by atoms with E-state index in [0.29, 0.717) is 18.3 Å². The summed E-state index contributed by atoms with van der Waals surface area (Å²) in [4.78, 5) is 13.8. The molecule has 1 aromatic rings. The number of likely N-dealkylation sites (tertiary alicyclic amines) is 1. The van der Waals surface area contributed by atoms with E-state index in [1.54, 1.807) is 4.90 Å². The van der Waals surface area contributed by atoms with E-state index < -0.39 is 11.7 Å². The number of hydrogen-bond acceptors (Lipinski definition) is 2. The second kappa shape index (κ2) is 5.14. The minimum atomic E-state index is -0.701. The monoisotopic (exact) mass is 271 g/mol. The van der Waals surface area contributed by atoms with Crippen molar-refractivity contribution in [1.82, 2.24) is 4.90 Å². The molecule has 98 valence electrons. The average molecular weight is 272 g/mol. The highest BCUT2D eigenvalue weighted by Gasteiger charge is 2.35. The first-order valence-corrected chi connectivity index (χ1v) is 6.44. The summed E-state index contributed by atoms with van der Waals surface area (Å²) in [6, 6.07) is 3.75. The first-order chi connectivity index (χ1) is 8.56. The Morgan fingerprint density at radius 2 is 2.33 bits per heavy atom. The standard InChI is InChI=1S/C13H15ClFNO2/c1-8-5-6-16(10(8)7-14)13(18)12-9(15)3-2-4-11(12)17/h2-4,8,10,17H,5-7H2,1H3. The molecule has 2 rings (SSSR count). The average Bonchev–Trinajstić information content (AvgIpc) is 2.69. The largest absolute Gasteiger partial charge is 0.507 e. The molecule has 1 aliphatic rings. The van der Waals surface area contributed by atoms with Gasteiger partial charge in [0, 0.05) is 18.5 Å². The second-order valence-corrected chi connectivity index (χ2v) is 4.93. The van der Waals surface area contributed by atoms with Crippen molar-refractivity contribution in [3.05, 3.63) is 29.6 Å². The molecule has 2 atom stereocenters. The van der Waals surface area contributed by atoms with Gasteiger partial charge in [0.25, 0.3) is 5.91 Å². The molecular formula is C13H15ClFNO2. The van der Waals surface area contributed by atoms with Crippen LogP contribution in [0.1, 0.15) is 23.7 Å². The third-order valence-electron chi connectivity index (χ3n) is 3.51. The first kappa shape index (κ1) is 13.1. The van der Waals surface area contributed by atoms with E-state index >= 15 is 0 Å². The molecule has 0 saturated carbocycles. The highest BCUT2D eigenvalue weighted by molar-refractivity contribution is 6.18. The lowest BCUT2D eigenvalue weighted by atomic mass is 10.0. The Morgan fingerprint density at radius 1 is 1.61 bits per heavy atom. The van der Waals surface area contributed by atoms with Gasteiger partial charge in [-0.25, -0.2) is 4.39 Å². The van der Waals surface area contributed by atoms with E-state index in [1.165, 1.54) is 18.2 Å². The normalized spacial score (nSPS) is 23.4. The molecule has 5 heteroatoms. The van der Waals surface area contributed by atoms with Gasteiger partial charge in [-0.2, -0.15) is 0 Å². The van der Waals surface area contributed by atoms with Crippen molar-refractivity contribution in [3.8, 4) is 5.75 Å². The van der Waals surface area contributed by atoms with Gasteiger partial charge in [-0.3, -0.25) is 4.79 Å². The number of carbonyl (C=O) groups is 1. The number of hydrogen-bond donors (Lipinski definition) is 1. The zero-order chi connectivity index (χ0) is 13.3. The van der Waals surface area contributed by atoms with Gasteiger partial charge < -0.3 is 10.0 Å². The van der Waals surface area contributed by atoms with Gasteiger partial charge in [0.15, 0.2) is 0 Å². The molecule has 1 amide bonds. The predicted octanol–water partition coefficient (Wildman–Crippen LogP) is 2.62. The molecule has 2 unspecified atom stereocenters. The number of benzene rings is 1. The topological polar surface area (TPSA) is 40.5 Å². The molecule has 0 bridgehead atoms. The molecule has 1 saturated heterocycles. The predicted molar refractivity (Wildman–Crippen MR) is 67.4 cm³/mol. The van der Waals surface area contributed by atoms with Gasteiger partial charge in [-0.05, 0) is 24.5 Å². The molecule has 0 aliphatic carbocycles. The SMILES string of the molecule is CC1CCN(C(=O)c2c(O)cccc2F)C1CCl. The van der Waals surface area contributed by atoms with Gasteiger partial charge in [-0.1, -0.05) is 13.0 Å². The third kappa shape index (κ3) is 2.17. The van der Waals surface area contributed by atoms with Gasteiger partial charge in [-0.15, -0.1) is 11.6 Å². The van der Waals surface area contributed by atoms with Gasteiger partial charge >= 0.3 is 0 Å². The number of amides is 1. The Morgan fingerprint density at radius 3 is 2.94 bits per heavy atom. The lowest BCUT2D eigenvalue weighted by Gasteiger charge is -2.25. The maximum absolute atomic E-state index is 13.6. The lowest BCUT2D eigenvalue weighted by Crippen LogP contribution is -2.39. The van der Waals surface area contributed by atoms with Crippen molar-refractivity contribution in [3.63, 3.8) is 0 Å². The Bertz CT molecular complexity index is 446. The molecule has 1 heterocycles. The van der Waals surface area contributed by atoms with Crippen LogP contribution in [0.5, 0.6) is 5.75 Å². The summed E-state index contributed by atoms with van der Waals surface area (Å²) in [5, 5.41) is 9.63. The fraction of sp³-hybridized carbons (Fsp3) is 0.462. The molecule has 0 radical (unpaired) electrons. The van der Waals surface area contributed by atoms with Crippen LogP contribution in [0.25, 0.3) is 0 Å². The lowest BCUT2D eigenvalue weighted by molar-refractivity contribution is 0.0729. The summed E-state index contributed by atoms with van der Waals surface area (Å²) in [6.45, 7) is 2.56. The van der Waals surface area contributed by atoms with Crippen LogP contribution in [0, 0.1) is 11.7 Å².